The Morgan fingerprint density at radius 3 is 2.95 bits per heavy atom. The van der Waals surface area contributed by atoms with Gasteiger partial charge in [-0.1, -0.05) is 38.5 Å². The van der Waals surface area contributed by atoms with Gasteiger partial charge in [-0.2, -0.15) is 0 Å². The summed E-state index contributed by atoms with van der Waals surface area (Å²) in [5.41, 5.74) is 1.38. The molecule has 4 nitrogen and oxygen atoms in total. The molecule has 1 N–H and O–H groups in total. The predicted octanol–water partition coefficient (Wildman–Crippen LogP) is 3.51. The summed E-state index contributed by atoms with van der Waals surface area (Å²) in [5.74, 6) is -0.719. The van der Waals surface area contributed by atoms with Crippen LogP contribution in [0.3, 0.4) is 0 Å². The first-order valence-electron chi connectivity index (χ1n) is 6.80. The van der Waals surface area contributed by atoms with Gasteiger partial charge in [-0.15, -0.1) is 0 Å². The lowest BCUT2D eigenvalue weighted by Gasteiger charge is -2.40. The van der Waals surface area contributed by atoms with Gasteiger partial charge in [0.25, 0.3) is 0 Å². The summed E-state index contributed by atoms with van der Waals surface area (Å²) in [6.45, 7) is 6.67. The Labute approximate surface area is 118 Å². The van der Waals surface area contributed by atoms with Gasteiger partial charge >= 0.3 is 5.97 Å². The van der Waals surface area contributed by atoms with Crippen LogP contribution in [-0.2, 0) is 4.79 Å². The average molecular weight is 282 g/mol. The molecule has 106 valence electrons. The minimum Gasteiger partial charge on any atom is -0.481 e. The molecule has 0 aliphatic heterocycles. The van der Waals surface area contributed by atoms with Crippen molar-refractivity contribution < 1.29 is 9.90 Å². The molecule has 1 unspecified atom stereocenters. The van der Waals surface area contributed by atoms with E-state index in [9.17, 15) is 4.79 Å². The van der Waals surface area contributed by atoms with E-state index in [4.69, 9.17) is 5.11 Å². The van der Waals surface area contributed by atoms with Crippen LogP contribution in [0, 0.1) is 12.3 Å². The zero-order valence-corrected chi connectivity index (χ0v) is 12.7. The Bertz CT molecular complexity index is 468. The minimum atomic E-state index is -0.792. The highest BCUT2D eigenvalue weighted by Gasteiger charge is 2.35. The summed E-state index contributed by atoms with van der Waals surface area (Å²) in [6.07, 6.45) is 6.77. The van der Waals surface area contributed by atoms with Crippen molar-refractivity contribution in [3.8, 4) is 0 Å². The molecule has 0 aromatic carbocycles. The summed E-state index contributed by atoms with van der Waals surface area (Å²) in [6, 6.07) is 0.431. The smallest absolute Gasteiger partial charge is 0.313 e. The summed E-state index contributed by atoms with van der Waals surface area (Å²) in [7, 11) is 0. The number of carboxylic acids is 1. The molecule has 1 aliphatic rings. The second kappa shape index (κ2) is 5.57. The molecule has 1 heterocycles. The number of aliphatic carboxylic acids is 1. The van der Waals surface area contributed by atoms with Crippen LogP contribution in [-0.4, -0.2) is 26.4 Å². The highest BCUT2D eigenvalue weighted by atomic mass is 32.2. The second-order valence-corrected chi connectivity index (χ2v) is 6.93. The number of thioether (sulfide) groups is 1. The highest BCUT2D eigenvalue weighted by Crippen LogP contribution is 2.45. The molecule has 0 bridgehead atoms. The molecule has 0 amide bonds. The minimum absolute atomic E-state index is 0.0730. The summed E-state index contributed by atoms with van der Waals surface area (Å²) in [4.78, 5) is 15.1. The number of aryl methyl sites for hydroxylation is 1. The van der Waals surface area contributed by atoms with Crippen molar-refractivity contribution in [1.82, 2.24) is 9.55 Å². The van der Waals surface area contributed by atoms with Crippen LogP contribution in [0.25, 0.3) is 0 Å². The van der Waals surface area contributed by atoms with Gasteiger partial charge < -0.3 is 9.67 Å². The third kappa shape index (κ3) is 3.14. The topological polar surface area (TPSA) is 55.1 Å². The fourth-order valence-electron chi connectivity index (χ4n) is 2.99. The van der Waals surface area contributed by atoms with Gasteiger partial charge in [0.05, 0.1) is 5.75 Å². The van der Waals surface area contributed by atoms with Crippen molar-refractivity contribution in [3.63, 3.8) is 0 Å². The van der Waals surface area contributed by atoms with Crippen molar-refractivity contribution >= 4 is 17.7 Å². The standard InChI is InChI=1S/C14H22N2O2S/c1-10-8-15-13(19-9-12(17)18)16(10)11-6-4-5-7-14(11,2)3/h8,11H,4-7,9H2,1-3H3,(H,17,18). The van der Waals surface area contributed by atoms with E-state index in [2.05, 4.69) is 30.3 Å². The van der Waals surface area contributed by atoms with E-state index in [-0.39, 0.29) is 11.2 Å². The number of hydrogen-bond donors (Lipinski definition) is 1. The molecule has 1 fully saturated rings. The normalized spacial score (nSPS) is 22.4. The summed E-state index contributed by atoms with van der Waals surface area (Å²) in [5, 5.41) is 9.67. The molecule has 2 rings (SSSR count). The fourth-order valence-corrected chi connectivity index (χ4v) is 3.78. The Kier molecular flexibility index (Phi) is 4.23. The third-order valence-electron chi connectivity index (χ3n) is 4.04. The van der Waals surface area contributed by atoms with Crippen LogP contribution >= 0.6 is 11.8 Å². The Morgan fingerprint density at radius 1 is 1.58 bits per heavy atom. The van der Waals surface area contributed by atoms with Gasteiger partial charge in [-0.3, -0.25) is 4.79 Å². The lowest BCUT2D eigenvalue weighted by Crippen LogP contribution is -2.31. The third-order valence-corrected chi connectivity index (χ3v) is 4.99. The lowest BCUT2D eigenvalue weighted by molar-refractivity contribution is -0.133. The van der Waals surface area contributed by atoms with Gasteiger partial charge in [0.15, 0.2) is 5.16 Å². The molecule has 0 saturated heterocycles. The van der Waals surface area contributed by atoms with Crippen LogP contribution in [0.2, 0.25) is 0 Å². The molecule has 1 aliphatic carbocycles. The Hall–Kier alpha value is -0.970. The molecule has 1 atom stereocenters. The van der Waals surface area contributed by atoms with Crippen molar-refractivity contribution in [2.45, 2.75) is 57.7 Å². The molecule has 0 radical (unpaired) electrons. The second-order valence-electron chi connectivity index (χ2n) is 5.98. The van der Waals surface area contributed by atoms with Gasteiger partial charge in [-0.25, -0.2) is 4.98 Å². The molecule has 5 heteroatoms. The van der Waals surface area contributed by atoms with Gasteiger partial charge in [0.1, 0.15) is 0 Å². The number of nitrogens with zero attached hydrogens (tertiary/aromatic N) is 2. The van der Waals surface area contributed by atoms with Crippen molar-refractivity contribution in [3.05, 3.63) is 11.9 Å². The van der Waals surface area contributed by atoms with Crippen LogP contribution in [0.1, 0.15) is 51.3 Å². The fraction of sp³-hybridized carbons (Fsp3) is 0.714. The van der Waals surface area contributed by atoms with E-state index < -0.39 is 5.97 Å². The quantitative estimate of drug-likeness (QED) is 0.859. The largest absolute Gasteiger partial charge is 0.481 e. The zero-order chi connectivity index (χ0) is 14.0. The maximum absolute atomic E-state index is 10.7. The monoisotopic (exact) mass is 282 g/mol. The number of aromatic nitrogens is 2. The van der Waals surface area contributed by atoms with Gasteiger partial charge in [-0.05, 0) is 25.2 Å². The number of carbonyl (C=O) groups is 1. The van der Waals surface area contributed by atoms with E-state index in [1.54, 1.807) is 0 Å². The molecule has 1 saturated carbocycles. The summed E-state index contributed by atoms with van der Waals surface area (Å²) < 4.78 is 2.26. The first-order chi connectivity index (χ1) is 8.92. The van der Waals surface area contributed by atoms with E-state index in [0.717, 1.165) is 17.3 Å². The van der Waals surface area contributed by atoms with Gasteiger partial charge in [0, 0.05) is 17.9 Å². The Morgan fingerprint density at radius 2 is 2.32 bits per heavy atom. The van der Waals surface area contributed by atoms with Crippen LogP contribution in [0.5, 0.6) is 0 Å². The van der Waals surface area contributed by atoms with Crippen LogP contribution in [0.4, 0.5) is 0 Å². The maximum Gasteiger partial charge on any atom is 0.313 e. The molecule has 1 aromatic heterocycles. The van der Waals surface area contributed by atoms with Crippen molar-refractivity contribution in [2.75, 3.05) is 5.75 Å². The maximum atomic E-state index is 10.7. The van der Waals surface area contributed by atoms with Crippen molar-refractivity contribution in [1.29, 1.82) is 0 Å². The number of rotatable bonds is 4. The van der Waals surface area contributed by atoms with Crippen LogP contribution < -0.4 is 0 Å². The van der Waals surface area contributed by atoms with E-state index in [0.29, 0.717) is 6.04 Å². The number of imidazole rings is 1. The molecular formula is C14H22N2O2S. The van der Waals surface area contributed by atoms with Crippen molar-refractivity contribution in [2.24, 2.45) is 5.41 Å². The molecular weight excluding hydrogens is 260 g/mol. The SMILES string of the molecule is Cc1cnc(SCC(=O)O)n1C1CCCCC1(C)C. The van der Waals surface area contributed by atoms with Crippen LogP contribution in [0.15, 0.2) is 11.4 Å². The van der Waals surface area contributed by atoms with E-state index in [1.807, 2.05) is 6.20 Å². The first kappa shape index (κ1) is 14.4. The lowest BCUT2D eigenvalue weighted by atomic mass is 9.73. The zero-order valence-electron chi connectivity index (χ0n) is 11.8. The highest BCUT2D eigenvalue weighted by molar-refractivity contribution is 7.99. The predicted molar refractivity (Wildman–Crippen MR) is 76.6 cm³/mol. The van der Waals surface area contributed by atoms with Gasteiger partial charge in [0.2, 0.25) is 0 Å². The average Bonchev–Trinajstić information content (AvgIpc) is 2.67. The molecule has 1 aromatic rings. The number of hydrogen-bond acceptors (Lipinski definition) is 3. The van der Waals surface area contributed by atoms with E-state index >= 15 is 0 Å². The molecule has 19 heavy (non-hydrogen) atoms. The summed E-state index contributed by atoms with van der Waals surface area (Å²) >= 11 is 1.32. The number of carboxylic acid groups (broad SMARTS) is 1. The Balaban J connectivity index is 2.27. The van der Waals surface area contributed by atoms with E-state index in [1.165, 1.54) is 31.0 Å². The first-order valence-corrected chi connectivity index (χ1v) is 7.79. The molecule has 0 spiro atoms.